The molecule has 1 aliphatic carbocycles. The van der Waals surface area contributed by atoms with E-state index < -0.39 is 0 Å². The molecular formula is C28H31N7O2. The molecule has 2 aliphatic rings. The highest BCUT2D eigenvalue weighted by molar-refractivity contribution is 6.06. The highest BCUT2D eigenvalue weighted by Crippen LogP contribution is 2.36. The fourth-order valence-electron chi connectivity index (χ4n) is 5.12. The lowest BCUT2D eigenvalue weighted by Gasteiger charge is -2.30. The smallest absolute Gasteiger partial charge is 0.254 e. The Labute approximate surface area is 215 Å². The summed E-state index contributed by atoms with van der Waals surface area (Å²) in [5.41, 5.74) is 7.05. The Bertz CT molecular complexity index is 1470. The van der Waals surface area contributed by atoms with Gasteiger partial charge in [-0.1, -0.05) is 12.1 Å². The van der Waals surface area contributed by atoms with E-state index in [4.69, 9.17) is 9.72 Å². The van der Waals surface area contributed by atoms with Gasteiger partial charge < -0.3 is 20.3 Å². The second kappa shape index (κ2) is 9.57. The summed E-state index contributed by atoms with van der Waals surface area (Å²) in [4.78, 5) is 28.6. The maximum Gasteiger partial charge on any atom is 0.254 e. The zero-order valence-corrected chi connectivity index (χ0v) is 21.4. The van der Waals surface area contributed by atoms with Crippen LogP contribution in [0.2, 0.25) is 0 Å². The van der Waals surface area contributed by atoms with E-state index in [0.717, 1.165) is 52.3 Å². The number of nitrogens with one attached hydrogen (secondary N) is 2. The summed E-state index contributed by atoms with van der Waals surface area (Å²) in [5.74, 6) is 0.606. The van der Waals surface area contributed by atoms with Gasteiger partial charge in [-0.25, -0.2) is 9.97 Å². The Kier molecular flexibility index (Phi) is 6.10. The van der Waals surface area contributed by atoms with E-state index in [2.05, 4.69) is 38.5 Å². The fourth-order valence-corrected chi connectivity index (χ4v) is 5.12. The summed E-state index contributed by atoms with van der Waals surface area (Å²) in [6, 6.07) is 8.05. The Morgan fingerprint density at radius 1 is 1.22 bits per heavy atom. The zero-order chi connectivity index (χ0) is 25.5. The van der Waals surface area contributed by atoms with Gasteiger partial charge in [-0.15, -0.1) is 0 Å². The number of anilines is 2. The second-order valence-electron chi connectivity index (χ2n) is 10.1. The standard InChI is InChI=1S/C28H31N7O2/c1-17(37-18-5-4-6-18)19-8-10-25(33-23(19)16-34(2)3)32-22-9-7-20(21-13-31-28(36)27(21)22)24-14-30-26-15-29-11-12-35(24)26/h7-12,14-15,17-18H,4-6,13,16H2,1-3H3,(H,31,36)(H,32,33)/t17-/m0/s1. The van der Waals surface area contributed by atoms with Crippen molar-refractivity contribution in [1.29, 1.82) is 0 Å². The number of imidazole rings is 1. The van der Waals surface area contributed by atoms with Gasteiger partial charge in [0.15, 0.2) is 5.65 Å². The van der Waals surface area contributed by atoms with Crippen LogP contribution in [0.25, 0.3) is 16.9 Å². The minimum absolute atomic E-state index is 0.0169. The number of benzene rings is 1. The van der Waals surface area contributed by atoms with E-state index in [1.54, 1.807) is 12.4 Å². The van der Waals surface area contributed by atoms with Crippen molar-refractivity contribution in [2.24, 2.45) is 0 Å². The molecule has 190 valence electrons. The van der Waals surface area contributed by atoms with E-state index in [1.807, 2.05) is 49.1 Å². The highest BCUT2D eigenvalue weighted by Gasteiger charge is 2.28. The van der Waals surface area contributed by atoms with E-state index in [-0.39, 0.29) is 12.0 Å². The number of amides is 1. The Morgan fingerprint density at radius 2 is 2.08 bits per heavy atom. The molecular weight excluding hydrogens is 466 g/mol. The molecule has 9 heteroatoms. The SMILES string of the molecule is C[C@H](OC1CCC1)c1ccc(Nc2ccc(-c3cnc4cnccn34)c3c2C(=O)NC3)nc1CN(C)C. The molecule has 9 nitrogen and oxygen atoms in total. The molecule has 0 saturated heterocycles. The zero-order valence-electron chi connectivity index (χ0n) is 21.4. The molecule has 3 aromatic heterocycles. The quantitative estimate of drug-likeness (QED) is 0.371. The normalized spacial score (nSPS) is 16.1. The van der Waals surface area contributed by atoms with Crippen LogP contribution in [0, 0.1) is 0 Å². The lowest BCUT2D eigenvalue weighted by Crippen LogP contribution is -2.24. The van der Waals surface area contributed by atoms with Crippen molar-refractivity contribution in [3.63, 3.8) is 0 Å². The number of carbonyl (C=O) groups excluding carboxylic acids is 1. The lowest BCUT2D eigenvalue weighted by molar-refractivity contribution is -0.0451. The van der Waals surface area contributed by atoms with Crippen LogP contribution in [-0.4, -0.2) is 50.4 Å². The van der Waals surface area contributed by atoms with Gasteiger partial charge in [-0.3, -0.25) is 14.2 Å². The van der Waals surface area contributed by atoms with Gasteiger partial charge in [0.25, 0.3) is 5.91 Å². The number of ether oxygens (including phenoxy) is 1. The van der Waals surface area contributed by atoms with Crippen LogP contribution in [0.15, 0.2) is 49.1 Å². The summed E-state index contributed by atoms with van der Waals surface area (Å²) in [6.45, 7) is 3.27. The number of pyridine rings is 1. The Hall–Kier alpha value is -3.82. The molecule has 1 aromatic carbocycles. The molecule has 6 rings (SSSR count). The summed E-state index contributed by atoms with van der Waals surface area (Å²) >= 11 is 0. The average molecular weight is 498 g/mol. The fraction of sp³-hybridized carbons (Fsp3) is 0.357. The van der Waals surface area contributed by atoms with Crippen molar-refractivity contribution in [3.8, 4) is 11.3 Å². The third-order valence-electron chi connectivity index (χ3n) is 7.18. The average Bonchev–Trinajstić information content (AvgIpc) is 3.46. The predicted octanol–water partition coefficient (Wildman–Crippen LogP) is 4.47. The third kappa shape index (κ3) is 4.45. The molecule has 4 heterocycles. The van der Waals surface area contributed by atoms with E-state index in [0.29, 0.717) is 30.6 Å². The van der Waals surface area contributed by atoms with Crippen molar-refractivity contribution >= 4 is 23.1 Å². The van der Waals surface area contributed by atoms with Crippen molar-refractivity contribution in [3.05, 3.63) is 71.4 Å². The van der Waals surface area contributed by atoms with Crippen molar-refractivity contribution in [1.82, 2.24) is 29.6 Å². The lowest BCUT2D eigenvalue weighted by atomic mass is 9.95. The van der Waals surface area contributed by atoms with Gasteiger partial charge in [-0.2, -0.15) is 0 Å². The first-order valence-electron chi connectivity index (χ1n) is 12.8. The summed E-state index contributed by atoms with van der Waals surface area (Å²) in [7, 11) is 4.07. The van der Waals surface area contributed by atoms with E-state index in [1.165, 1.54) is 6.42 Å². The molecule has 0 radical (unpaired) electrons. The van der Waals surface area contributed by atoms with Crippen LogP contribution in [0.1, 0.15) is 59.5 Å². The number of nitrogens with zero attached hydrogens (tertiary/aromatic N) is 5. The summed E-state index contributed by atoms with van der Waals surface area (Å²) in [6.07, 6.45) is 11.0. The van der Waals surface area contributed by atoms with Gasteiger partial charge in [0.05, 0.1) is 47.2 Å². The minimum atomic E-state index is -0.0949. The number of fused-ring (bicyclic) bond motifs is 2. The van der Waals surface area contributed by atoms with Gasteiger partial charge in [-0.05, 0) is 58.0 Å². The van der Waals surface area contributed by atoms with Crippen LogP contribution < -0.4 is 10.6 Å². The molecule has 1 fully saturated rings. The van der Waals surface area contributed by atoms with Gasteiger partial charge in [0, 0.05) is 36.6 Å². The molecule has 4 aromatic rings. The molecule has 1 aliphatic heterocycles. The molecule has 0 spiro atoms. The van der Waals surface area contributed by atoms with Crippen LogP contribution in [0.3, 0.4) is 0 Å². The maximum absolute atomic E-state index is 12.9. The second-order valence-corrected chi connectivity index (χ2v) is 10.1. The van der Waals surface area contributed by atoms with Crippen LogP contribution >= 0.6 is 0 Å². The first kappa shape index (κ1) is 23.6. The largest absolute Gasteiger partial charge is 0.371 e. The van der Waals surface area contributed by atoms with E-state index >= 15 is 0 Å². The monoisotopic (exact) mass is 497 g/mol. The Balaban J connectivity index is 1.34. The molecule has 0 bridgehead atoms. The molecule has 37 heavy (non-hydrogen) atoms. The van der Waals surface area contributed by atoms with E-state index in [9.17, 15) is 4.79 Å². The molecule has 0 unspecified atom stereocenters. The molecule has 1 saturated carbocycles. The first-order chi connectivity index (χ1) is 18.0. The van der Waals surface area contributed by atoms with Gasteiger partial charge >= 0.3 is 0 Å². The number of carbonyl (C=O) groups is 1. The number of hydrogen-bond acceptors (Lipinski definition) is 7. The number of rotatable bonds is 8. The topological polar surface area (TPSA) is 96.7 Å². The van der Waals surface area contributed by atoms with Gasteiger partial charge in [0.1, 0.15) is 5.82 Å². The van der Waals surface area contributed by atoms with Crippen LogP contribution in [0.4, 0.5) is 11.5 Å². The van der Waals surface area contributed by atoms with Crippen LogP contribution in [0.5, 0.6) is 0 Å². The maximum atomic E-state index is 12.9. The first-order valence-corrected chi connectivity index (χ1v) is 12.8. The summed E-state index contributed by atoms with van der Waals surface area (Å²) in [5, 5.41) is 6.41. The van der Waals surface area contributed by atoms with Gasteiger partial charge in [0.2, 0.25) is 0 Å². The van der Waals surface area contributed by atoms with Crippen LogP contribution in [-0.2, 0) is 17.8 Å². The third-order valence-corrected chi connectivity index (χ3v) is 7.18. The Morgan fingerprint density at radius 3 is 2.86 bits per heavy atom. The van der Waals surface area contributed by atoms with Crippen molar-refractivity contribution < 1.29 is 9.53 Å². The highest BCUT2D eigenvalue weighted by atomic mass is 16.5. The number of aromatic nitrogens is 4. The molecule has 2 N–H and O–H groups in total. The van der Waals surface area contributed by atoms with Crippen molar-refractivity contribution in [2.75, 3.05) is 19.4 Å². The number of hydrogen-bond donors (Lipinski definition) is 2. The molecule has 1 atom stereocenters. The molecule has 1 amide bonds. The summed E-state index contributed by atoms with van der Waals surface area (Å²) < 4.78 is 8.25. The predicted molar refractivity (Wildman–Crippen MR) is 142 cm³/mol. The van der Waals surface area contributed by atoms with Crippen molar-refractivity contribution in [2.45, 2.75) is 51.5 Å². The minimum Gasteiger partial charge on any atom is -0.371 e.